The van der Waals surface area contributed by atoms with Gasteiger partial charge in [0.25, 0.3) is 0 Å². The number of esters is 1. The Bertz CT molecular complexity index is 1230. The van der Waals surface area contributed by atoms with Crippen molar-refractivity contribution in [2.45, 2.75) is 199 Å². The van der Waals surface area contributed by atoms with Crippen LogP contribution in [0.15, 0.2) is 11.3 Å². The zero-order chi connectivity index (χ0) is 38.4. The summed E-state index contributed by atoms with van der Waals surface area (Å²) in [4.78, 5) is 14.3. The Morgan fingerprint density at radius 1 is 1.06 bits per heavy atom. The van der Waals surface area contributed by atoms with E-state index in [4.69, 9.17) is 33.2 Å². The molecule has 4 aliphatic rings. The lowest BCUT2D eigenvalue weighted by molar-refractivity contribution is -0.314. The molecule has 0 radical (unpaired) electrons. The molecule has 4 aliphatic heterocycles. The summed E-state index contributed by atoms with van der Waals surface area (Å²) in [6, 6.07) is -0.164. The first-order chi connectivity index (χ1) is 23.6. The van der Waals surface area contributed by atoms with Gasteiger partial charge in [-0.3, -0.25) is 4.79 Å². The van der Waals surface area contributed by atoms with Crippen molar-refractivity contribution in [3.05, 3.63) is 11.3 Å². The fraction of sp³-hybridized carbons (Fsp3) is 0.921. The summed E-state index contributed by atoms with van der Waals surface area (Å²) in [5, 5.41) is 48.7. The first-order valence-corrected chi connectivity index (χ1v) is 18.9. The van der Waals surface area contributed by atoms with Crippen LogP contribution in [0.1, 0.15) is 109 Å². The lowest BCUT2D eigenvalue weighted by atomic mass is 9.78. The molecular formula is C38H67NO12. The average Bonchev–Trinajstić information content (AvgIpc) is 3.37. The molecule has 17 atom stereocenters. The topological polar surface area (TPSA) is 175 Å². The van der Waals surface area contributed by atoms with E-state index in [9.17, 15) is 25.2 Å². The van der Waals surface area contributed by atoms with Crippen molar-refractivity contribution in [2.24, 2.45) is 17.8 Å². The Morgan fingerprint density at radius 2 is 1.71 bits per heavy atom. The molecule has 296 valence electrons. The Hall–Kier alpha value is -1.39. The fourth-order valence-corrected chi connectivity index (χ4v) is 8.83. The second kappa shape index (κ2) is 16.1. The van der Waals surface area contributed by atoms with E-state index in [1.807, 2.05) is 48.5 Å². The zero-order valence-electron chi connectivity index (χ0n) is 33.0. The maximum atomic E-state index is 14.3. The molecule has 0 aromatic carbocycles. The lowest BCUT2D eigenvalue weighted by Crippen LogP contribution is -2.60. The average molecular weight is 730 g/mol. The van der Waals surface area contributed by atoms with Gasteiger partial charge in [-0.15, -0.1) is 0 Å². The van der Waals surface area contributed by atoms with Gasteiger partial charge >= 0.3 is 5.97 Å². The summed E-state index contributed by atoms with van der Waals surface area (Å²) in [7, 11) is 1.53. The third-order valence-corrected chi connectivity index (χ3v) is 11.8. The number of aliphatic hydroxyl groups excluding tert-OH is 3. The summed E-state index contributed by atoms with van der Waals surface area (Å²) in [6.07, 6.45) is -7.35. The first-order valence-electron chi connectivity index (χ1n) is 18.9. The first kappa shape index (κ1) is 42.4. The number of carbonyl (C=O) groups excluding carboxylic acids is 1. The van der Waals surface area contributed by atoms with Crippen LogP contribution in [0, 0.1) is 17.8 Å². The van der Waals surface area contributed by atoms with Crippen molar-refractivity contribution in [3.8, 4) is 0 Å². The maximum absolute atomic E-state index is 14.3. The van der Waals surface area contributed by atoms with Crippen LogP contribution in [0.3, 0.4) is 0 Å². The third kappa shape index (κ3) is 8.63. The Labute approximate surface area is 304 Å². The van der Waals surface area contributed by atoms with Crippen LogP contribution in [0.5, 0.6) is 0 Å². The molecule has 13 nitrogen and oxygen atoms in total. The Kier molecular flexibility index (Phi) is 13.4. The molecule has 2 bridgehead atoms. The molecule has 0 aromatic heterocycles. The molecule has 4 heterocycles. The van der Waals surface area contributed by atoms with Gasteiger partial charge in [0.05, 0.1) is 41.9 Å². The molecule has 3 fully saturated rings. The minimum absolute atomic E-state index is 0.119. The number of hydrogen-bond acceptors (Lipinski definition) is 13. The molecule has 5 unspecified atom stereocenters. The molecule has 4 rings (SSSR count). The normalized spacial score (nSPS) is 45.8. The summed E-state index contributed by atoms with van der Waals surface area (Å²) in [5.74, 6) is -2.28. The highest BCUT2D eigenvalue weighted by Gasteiger charge is 2.57. The van der Waals surface area contributed by atoms with Crippen molar-refractivity contribution in [1.82, 2.24) is 5.32 Å². The summed E-state index contributed by atoms with van der Waals surface area (Å²) in [6.45, 7) is 22.1. The number of fused-ring (bicyclic) bond motifs is 2. The van der Waals surface area contributed by atoms with Crippen LogP contribution >= 0.6 is 0 Å². The van der Waals surface area contributed by atoms with Crippen LogP contribution in [0.2, 0.25) is 0 Å². The van der Waals surface area contributed by atoms with Crippen LogP contribution in [0.25, 0.3) is 0 Å². The molecule has 0 aromatic rings. The zero-order valence-corrected chi connectivity index (χ0v) is 33.0. The minimum Gasteiger partial charge on any atom is -0.488 e. The molecule has 3 saturated heterocycles. The lowest BCUT2D eigenvalue weighted by Gasteiger charge is -2.48. The second-order valence-electron chi connectivity index (χ2n) is 16.7. The maximum Gasteiger partial charge on any atom is 0.311 e. The molecule has 0 spiro atoms. The summed E-state index contributed by atoms with van der Waals surface area (Å²) in [5.41, 5.74) is -2.96. The molecule has 13 heteroatoms. The predicted octanol–water partition coefficient (Wildman–Crippen LogP) is 3.33. The number of aliphatic hydroxyl groups is 4. The molecule has 51 heavy (non-hydrogen) atoms. The van der Waals surface area contributed by atoms with E-state index in [0.717, 1.165) is 5.57 Å². The van der Waals surface area contributed by atoms with E-state index < -0.39 is 95.8 Å². The molecule has 0 aliphatic carbocycles. The quantitative estimate of drug-likeness (QED) is 0.208. The van der Waals surface area contributed by atoms with Crippen molar-refractivity contribution in [1.29, 1.82) is 0 Å². The molecule has 0 amide bonds. The Balaban J connectivity index is 1.82. The monoisotopic (exact) mass is 729 g/mol. The number of hydrogen-bond donors (Lipinski definition) is 5. The van der Waals surface area contributed by atoms with E-state index in [0.29, 0.717) is 18.6 Å². The van der Waals surface area contributed by atoms with E-state index in [1.165, 1.54) is 14.0 Å². The van der Waals surface area contributed by atoms with Crippen molar-refractivity contribution < 1.29 is 58.4 Å². The van der Waals surface area contributed by atoms with Gasteiger partial charge in [-0.25, -0.2) is 0 Å². The van der Waals surface area contributed by atoms with Gasteiger partial charge < -0.3 is 58.9 Å². The summed E-state index contributed by atoms with van der Waals surface area (Å²) >= 11 is 0. The van der Waals surface area contributed by atoms with Gasteiger partial charge in [-0.1, -0.05) is 34.6 Å². The van der Waals surface area contributed by atoms with E-state index in [-0.39, 0.29) is 31.0 Å². The predicted molar refractivity (Wildman–Crippen MR) is 188 cm³/mol. The highest BCUT2D eigenvalue weighted by atomic mass is 16.7. The highest BCUT2D eigenvalue weighted by Crippen LogP contribution is 2.48. The van der Waals surface area contributed by atoms with Gasteiger partial charge in [0.15, 0.2) is 12.6 Å². The number of carbonyl (C=O) groups is 1. The van der Waals surface area contributed by atoms with Crippen LogP contribution in [-0.2, 0) is 38.0 Å². The van der Waals surface area contributed by atoms with Crippen molar-refractivity contribution in [2.75, 3.05) is 7.11 Å². The van der Waals surface area contributed by atoms with E-state index in [1.54, 1.807) is 27.7 Å². The van der Waals surface area contributed by atoms with Crippen molar-refractivity contribution >= 4 is 5.97 Å². The van der Waals surface area contributed by atoms with E-state index >= 15 is 0 Å². The van der Waals surface area contributed by atoms with Crippen LogP contribution < -0.4 is 5.32 Å². The highest BCUT2D eigenvalue weighted by molar-refractivity contribution is 5.73. The minimum atomic E-state index is -1.82. The number of cyclic esters (lactones) is 1. The number of rotatable bonds is 10. The SMILES string of the molecule is CC[C@@H](O)[C@@](C)(O)[C@@H]1OC(=O)[C@H](C)[C@@H](O[C@H]2CC(C)(OC)[C@@H](O)C(C)O2)[C@H](C)[C@@H](O[C@@H]2OC(C)CC(NC(C)C)C2O)[C@]2(C)CC(C)=C(O2)[C@@H]1C. The molecular weight excluding hydrogens is 662 g/mol. The van der Waals surface area contributed by atoms with Gasteiger partial charge in [0.1, 0.15) is 41.4 Å². The van der Waals surface area contributed by atoms with Gasteiger partial charge in [0, 0.05) is 38.0 Å². The standard InChI is InChI=1S/C38H67NO12/c1-14-26(40)38(12,44)33-21(6)29-19(4)16-37(11,51-29)32(50-35-28(41)25(39-18(2)3)15-20(5)46-35)22(7)30(23(8)34(43)49-33)48-27-17-36(10,45-13)31(42)24(9)47-27/h18,20-28,30-33,35,39-42,44H,14-17H2,1-13H3/t20?,21-,22-,23+,24?,25?,26+,27-,28?,30-,31-,32+,33+,35-,36?,37-,38+/m0/s1. The number of ether oxygens (including phenoxy) is 7. The number of nitrogens with one attached hydrogen (secondary N) is 1. The van der Waals surface area contributed by atoms with Crippen molar-refractivity contribution in [3.63, 3.8) is 0 Å². The Morgan fingerprint density at radius 3 is 2.29 bits per heavy atom. The fourth-order valence-electron chi connectivity index (χ4n) is 8.83. The molecule has 0 saturated carbocycles. The van der Waals surface area contributed by atoms with Crippen LogP contribution in [0.4, 0.5) is 0 Å². The van der Waals surface area contributed by atoms with Gasteiger partial charge in [-0.2, -0.15) is 0 Å². The number of methoxy groups -OCH3 is 1. The largest absolute Gasteiger partial charge is 0.488 e. The smallest absolute Gasteiger partial charge is 0.311 e. The molecule has 5 N–H and O–H groups in total. The van der Waals surface area contributed by atoms with Crippen LogP contribution in [-0.4, -0.2) is 124 Å². The second-order valence-corrected chi connectivity index (χ2v) is 16.7. The van der Waals surface area contributed by atoms with Gasteiger partial charge in [0.2, 0.25) is 0 Å². The van der Waals surface area contributed by atoms with E-state index in [2.05, 4.69) is 5.32 Å². The summed E-state index contributed by atoms with van der Waals surface area (Å²) < 4.78 is 44.9. The third-order valence-electron chi connectivity index (χ3n) is 11.8. The van der Waals surface area contributed by atoms with Gasteiger partial charge in [-0.05, 0) is 66.9 Å².